The molecule has 0 saturated carbocycles. The van der Waals surface area contributed by atoms with Crippen molar-refractivity contribution in [2.45, 2.75) is 6.92 Å². The quantitative estimate of drug-likeness (QED) is 0.589. The predicted molar refractivity (Wildman–Crippen MR) is 99.3 cm³/mol. The van der Waals surface area contributed by atoms with E-state index in [0.29, 0.717) is 21.1 Å². The fraction of sp³-hybridized carbons (Fsp3) is 0.111. The molecule has 0 fully saturated rings. The Morgan fingerprint density at radius 2 is 2.04 bits per heavy atom. The number of aromatic nitrogens is 3. The molecule has 130 valence electrons. The number of nitrogens with one attached hydrogen (secondary N) is 1. The second kappa shape index (κ2) is 5.99. The van der Waals surface area contributed by atoms with Crippen LogP contribution in [0, 0.1) is 12.7 Å². The van der Waals surface area contributed by atoms with E-state index in [1.54, 1.807) is 19.2 Å². The number of carbonyl (C=O) groups is 1. The molecule has 0 atom stereocenters. The van der Waals surface area contributed by atoms with Gasteiger partial charge in [-0.05, 0) is 37.3 Å². The van der Waals surface area contributed by atoms with Crippen molar-refractivity contribution < 1.29 is 9.18 Å². The molecule has 1 amide bonds. The van der Waals surface area contributed by atoms with Crippen LogP contribution in [0.25, 0.3) is 21.1 Å². The van der Waals surface area contributed by atoms with Crippen LogP contribution in [0.4, 0.5) is 9.52 Å². The van der Waals surface area contributed by atoms with Gasteiger partial charge < -0.3 is 0 Å². The van der Waals surface area contributed by atoms with Gasteiger partial charge in [0.1, 0.15) is 5.82 Å². The molecular formula is C18H13FN4O2S. The Morgan fingerprint density at radius 3 is 2.85 bits per heavy atom. The Bertz CT molecular complexity index is 1250. The van der Waals surface area contributed by atoms with Gasteiger partial charge in [-0.15, -0.1) is 0 Å². The summed E-state index contributed by atoms with van der Waals surface area (Å²) < 4.78 is 15.4. The fourth-order valence-corrected chi connectivity index (χ4v) is 3.63. The Kier molecular flexibility index (Phi) is 3.77. The highest BCUT2D eigenvalue weighted by Crippen LogP contribution is 2.26. The molecule has 0 aliphatic heterocycles. The molecule has 0 bridgehead atoms. The van der Waals surface area contributed by atoms with Gasteiger partial charge in [-0.1, -0.05) is 23.0 Å². The summed E-state index contributed by atoms with van der Waals surface area (Å²) >= 11 is 1.13. The Labute approximate surface area is 150 Å². The maximum absolute atomic E-state index is 13.3. The molecule has 4 aromatic rings. The van der Waals surface area contributed by atoms with Gasteiger partial charge in [-0.3, -0.25) is 19.6 Å². The van der Waals surface area contributed by atoms with Crippen LogP contribution in [0.15, 0.2) is 41.2 Å². The number of benzene rings is 2. The predicted octanol–water partition coefficient (Wildman–Crippen LogP) is 3.24. The molecule has 2 heterocycles. The largest absolute Gasteiger partial charge is 0.296 e. The summed E-state index contributed by atoms with van der Waals surface area (Å²) in [6.07, 6.45) is 0. The number of carbonyl (C=O) groups excluding carboxylic acids is 1. The van der Waals surface area contributed by atoms with Gasteiger partial charge in [-0.25, -0.2) is 9.37 Å². The van der Waals surface area contributed by atoms with E-state index < -0.39 is 11.3 Å². The van der Waals surface area contributed by atoms with Gasteiger partial charge in [0.15, 0.2) is 10.8 Å². The molecular weight excluding hydrogens is 355 g/mol. The summed E-state index contributed by atoms with van der Waals surface area (Å²) in [6.45, 7) is 1.87. The van der Waals surface area contributed by atoms with Crippen molar-refractivity contribution in [3.63, 3.8) is 0 Å². The number of hydrogen-bond acceptors (Lipinski definition) is 5. The zero-order valence-electron chi connectivity index (χ0n) is 13.9. The van der Waals surface area contributed by atoms with E-state index in [1.807, 2.05) is 13.0 Å². The monoisotopic (exact) mass is 368 g/mol. The maximum Gasteiger partial charge on any atom is 0.281 e. The SMILES string of the molecule is Cc1ccc2c(c1)c(=O)c(C(=O)Nc1nc3ccc(F)cc3s1)nn2C. The molecule has 2 aromatic heterocycles. The first-order valence-electron chi connectivity index (χ1n) is 7.77. The van der Waals surface area contributed by atoms with Crippen molar-refractivity contribution in [2.75, 3.05) is 5.32 Å². The number of hydrogen-bond donors (Lipinski definition) is 1. The lowest BCUT2D eigenvalue weighted by Crippen LogP contribution is -2.26. The van der Waals surface area contributed by atoms with Crippen LogP contribution in [-0.2, 0) is 7.05 Å². The minimum absolute atomic E-state index is 0.212. The first kappa shape index (κ1) is 16.3. The van der Waals surface area contributed by atoms with Crippen LogP contribution in [0.5, 0.6) is 0 Å². The van der Waals surface area contributed by atoms with Crippen LogP contribution >= 0.6 is 11.3 Å². The summed E-state index contributed by atoms with van der Waals surface area (Å²) in [5.74, 6) is -1.02. The van der Waals surface area contributed by atoms with Gasteiger partial charge in [0.05, 0.1) is 21.1 Å². The zero-order chi connectivity index (χ0) is 18.4. The summed E-state index contributed by atoms with van der Waals surface area (Å²) in [7, 11) is 1.67. The van der Waals surface area contributed by atoms with Crippen molar-refractivity contribution in [3.8, 4) is 0 Å². The van der Waals surface area contributed by atoms with Crippen molar-refractivity contribution in [2.24, 2.45) is 7.05 Å². The van der Waals surface area contributed by atoms with E-state index in [0.717, 1.165) is 16.9 Å². The molecule has 1 N–H and O–H groups in total. The van der Waals surface area contributed by atoms with Crippen LogP contribution in [-0.4, -0.2) is 20.7 Å². The second-order valence-electron chi connectivity index (χ2n) is 5.91. The third kappa shape index (κ3) is 2.74. The van der Waals surface area contributed by atoms with Crippen molar-refractivity contribution in [3.05, 3.63) is 63.7 Å². The van der Waals surface area contributed by atoms with Gasteiger partial charge >= 0.3 is 0 Å². The molecule has 26 heavy (non-hydrogen) atoms. The molecule has 0 aliphatic carbocycles. The van der Waals surface area contributed by atoms with E-state index in [-0.39, 0.29) is 16.6 Å². The number of thiazole rings is 1. The van der Waals surface area contributed by atoms with Gasteiger partial charge in [0, 0.05) is 7.05 Å². The lowest BCUT2D eigenvalue weighted by molar-refractivity contribution is 0.101. The third-order valence-corrected chi connectivity index (χ3v) is 4.93. The van der Waals surface area contributed by atoms with Crippen LogP contribution in [0.3, 0.4) is 0 Å². The molecule has 0 saturated heterocycles. The Morgan fingerprint density at radius 1 is 1.23 bits per heavy atom. The minimum Gasteiger partial charge on any atom is -0.296 e. The standard InChI is InChI=1S/C18H13FN4O2S/c1-9-3-6-13-11(7-9)16(24)15(22-23(13)2)17(25)21-18-20-12-5-4-10(19)8-14(12)26-18/h3-8H,1-2H3,(H,20,21,25). The number of rotatable bonds is 2. The highest BCUT2D eigenvalue weighted by molar-refractivity contribution is 7.22. The fourth-order valence-electron chi connectivity index (χ4n) is 2.75. The van der Waals surface area contributed by atoms with Crippen molar-refractivity contribution in [1.29, 1.82) is 0 Å². The lowest BCUT2D eigenvalue weighted by atomic mass is 10.1. The van der Waals surface area contributed by atoms with E-state index in [9.17, 15) is 14.0 Å². The topological polar surface area (TPSA) is 76.9 Å². The highest BCUT2D eigenvalue weighted by Gasteiger charge is 2.18. The summed E-state index contributed by atoms with van der Waals surface area (Å²) in [5.41, 5.74) is 1.48. The lowest BCUT2D eigenvalue weighted by Gasteiger charge is -2.08. The maximum atomic E-state index is 13.3. The number of halogens is 1. The summed E-state index contributed by atoms with van der Waals surface area (Å²) in [5, 5.41) is 7.40. The van der Waals surface area contributed by atoms with Crippen molar-refractivity contribution in [1.82, 2.24) is 14.8 Å². The third-order valence-electron chi connectivity index (χ3n) is 4.00. The minimum atomic E-state index is -0.645. The molecule has 8 heteroatoms. The highest BCUT2D eigenvalue weighted by atomic mass is 32.1. The molecule has 4 rings (SSSR count). The number of fused-ring (bicyclic) bond motifs is 2. The van der Waals surface area contributed by atoms with Gasteiger partial charge in [0.2, 0.25) is 5.43 Å². The first-order chi connectivity index (χ1) is 12.4. The molecule has 2 aromatic carbocycles. The Balaban J connectivity index is 1.75. The first-order valence-corrected chi connectivity index (χ1v) is 8.59. The average molecular weight is 368 g/mol. The molecule has 6 nitrogen and oxygen atoms in total. The van der Waals surface area contributed by atoms with Crippen molar-refractivity contribution >= 4 is 43.5 Å². The Hall–Kier alpha value is -3.13. The normalized spacial score (nSPS) is 11.2. The van der Waals surface area contributed by atoms with E-state index in [4.69, 9.17) is 0 Å². The zero-order valence-corrected chi connectivity index (χ0v) is 14.7. The summed E-state index contributed by atoms with van der Waals surface area (Å²) in [6, 6.07) is 9.59. The number of anilines is 1. The number of nitrogens with zero attached hydrogens (tertiary/aromatic N) is 3. The van der Waals surface area contributed by atoms with E-state index in [2.05, 4.69) is 15.4 Å². The smallest absolute Gasteiger partial charge is 0.281 e. The van der Waals surface area contributed by atoms with E-state index >= 15 is 0 Å². The molecule has 0 aliphatic rings. The summed E-state index contributed by atoms with van der Waals surface area (Å²) in [4.78, 5) is 29.5. The van der Waals surface area contributed by atoms with Crippen LogP contribution < -0.4 is 10.7 Å². The average Bonchev–Trinajstić information content (AvgIpc) is 2.99. The van der Waals surface area contributed by atoms with Crippen LogP contribution in [0.1, 0.15) is 16.1 Å². The molecule has 0 unspecified atom stereocenters. The van der Waals surface area contributed by atoms with E-state index in [1.165, 1.54) is 22.9 Å². The molecule has 0 spiro atoms. The number of amides is 1. The van der Waals surface area contributed by atoms with Gasteiger partial charge in [0.25, 0.3) is 5.91 Å². The number of aryl methyl sites for hydroxylation is 2. The molecule has 0 radical (unpaired) electrons. The van der Waals surface area contributed by atoms with Gasteiger partial charge in [-0.2, -0.15) is 5.10 Å². The second-order valence-corrected chi connectivity index (χ2v) is 6.94. The van der Waals surface area contributed by atoms with Crippen LogP contribution in [0.2, 0.25) is 0 Å².